The van der Waals surface area contributed by atoms with Gasteiger partial charge >= 0.3 is 0 Å². The number of carbonyl (C=O) groups excluding carboxylic acids is 1. The van der Waals surface area contributed by atoms with Crippen molar-refractivity contribution in [3.8, 4) is 0 Å². The molecule has 1 aliphatic rings. The smallest absolute Gasteiger partial charge is 0.293 e. The number of hydrogen-bond donors (Lipinski definition) is 1. The molecule has 0 bridgehead atoms. The Kier molecular flexibility index (Phi) is 7.65. The van der Waals surface area contributed by atoms with E-state index in [4.69, 9.17) is 0 Å². The van der Waals surface area contributed by atoms with Gasteiger partial charge in [0.1, 0.15) is 5.60 Å². The molecule has 0 saturated carbocycles. The van der Waals surface area contributed by atoms with Gasteiger partial charge in [0.05, 0.1) is 10.4 Å². The minimum absolute atomic E-state index is 0.156. The van der Waals surface area contributed by atoms with Crippen LogP contribution in [0.2, 0.25) is 0 Å². The highest BCUT2D eigenvalue weighted by Crippen LogP contribution is 2.26. The summed E-state index contributed by atoms with van der Waals surface area (Å²) in [4.78, 5) is 23.8. The van der Waals surface area contributed by atoms with Crippen molar-refractivity contribution in [2.24, 2.45) is 0 Å². The minimum Gasteiger partial charge on any atom is -0.462 e. The highest BCUT2D eigenvalue weighted by molar-refractivity contribution is 5.77. The fraction of sp³-hybridized carbons (Fsp3) is 0.273. The summed E-state index contributed by atoms with van der Waals surface area (Å²) >= 11 is 0. The first-order valence-electron chi connectivity index (χ1n) is 9.22. The SMILES string of the molecule is CC(C)(C)OC=O.O=[N+]([O-])c1ccc2c(c1)NCC2.c1ccc2ncccc2c1. The van der Waals surface area contributed by atoms with Crippen LogP contribution in [0.3, 0.4) is 0 Å². The zero-order chi connectivity index (χ0) is 21.3. The van der Waals surface area contributed by atoms with E-state index in [9.17, 15) is 14.9 Å². The molecule has 3 aromatic rings. The number of nitrogens with zero attached hydrogens (tertiary/aromatic N) is 2. The Morgan fingerprint density at radius 1 is 1.14 bits per heavy atom. The third-order valence-corrected chi connectivity index (χ3v) is 3.93. The van der Waals surface area contributed by atoms with Crippen LogP contribution in [0.1, 0.15) is 26.3 Å². The van der Waals surface area contributed by atoms with E-state index >= 15 is 0 Å². The summed E-state index contributed by atoms with van der Waals surface area (Å²) in [6, 6.07) is 17.0. The number of ether oxygens (including phenoxy) is 1. The molecule has 0 atom stereocenters. The molecule has 29 heavy (non-hydrogen) atoms. The molecule has 0 amide bonds. The monoisotopic (exact) mass is 395 g/mol. The Labute approximate surface area is 169 Å². The number of carbonyl (C=O) groups is 1. The van der Waals surface area contributed by atoms with Gasteiger partial charge in [-0.25, -0.2) is 0 Å². The Balaban J connectivity index is 0.000000162. The summed E-state index contributed by atoms with van der Waals surface area (Å²) < 4.78 is 4.55. The van der Waals surface area contributed by atoms with Crippen LogP contribution >= 0.6 is 0 Å². The molecule has 0 saturated heterocycles. The van der Waals surface area contributed by atoms with Gasteiger partial charge in [0.15, 0.2) is 0 Å². The molecule has 1 aliphatic heterocycles. The Morgan fingerprint density at radius 3 is 2.48 bits per heavy atom. The Bertz CT molecular complexity index is 902. The molecule has 7 heteroatoms. The standard InChI is InChI=1S/C9H7N.C8H8N2O2.C5H10O2/c1-2-6-9-8(4-1)5-3-7-10-9;11-10(12)7-2-1-6-3-4-9-8(6)5-7;1-5(2,3)7-4-6/h1-7H;1-2,5,9H,3-4H2;4H,1-3H3. The number of aromatic nitrogens is 1. The van der Waals surface area contributed by atoms with Crippen molar-refractivity contribution < 1.29 is 14.5 Å². The Hall–Kier alpha value is -3.48. The fourth-order valence-corrected chi connectivity index (χ4v) is 2.55. The van der Waals surface area contributed by atoms with Crippen LogP contribution in [0.25, 0.3) is 10.9 Å². The van der Waals surface area contributed by atoms with Crippen LogP contribution in [0, 0.1) is 10.1 Å². The number of hydrogen-bond acceptors (Lipinski definition) is 6. The molecule has 4 rings (SSSR count). The topological polar surface area (TPSA) is 94.4 Å². The lowest BCUT2D eigenvalue weighted by molar-refractivity contribution is -0.384. The maximum Gasteiger partial charge on any atom is 0.293 e. The fourth-order valence-electron chi connectivity index (χ4n) is 2.55. The molecule has 2 aromatic carbocycles. The van der Waals surface area contributed by atoms with E-state index in [0.717, 1.165) is 24.2 Å². The summed E-state index contributed by atoms with van der Waals surface area (Å²) in [5.74, 6) is 0. The zero-order valence-corrected chi connectivity index (χ0v) is 16.8. The number of anilines is 1. The average molecular weight is 395 g/mol. The molecule has 1 N–H and O–H groups in total. The van der Waals surface area contributed by atoms with E-state index in [1.165, 1.54) is 10.9 Å². The molecule has 2 heterocycles. The van der Waals surface area contributed by atoms with Crippen molar-refractivity contribution in [2.45, 2.75) is 32.8 Å². The molecule has 7 nitrogen and oxygen atoms in total. The molecule has 0 unspecified atom stereocenters. The lowest BCUT2D eigenvalue weighted by Gasteiger charge is -2.14. The summed E-state index contributed by atoms with van der Waals surface area (Å²) in [5.41, 5.74) is 2.97. The maximum atomic E-state index is 10.4. The summed E-state index contributed by atoms with van der Waals surface area (Å²) in [6.07, 6.45) is 2.77. The molecule has 152 valence electrons. The van der Waals surface area contributed by atoms with Crippen LogP contribution < -0.4 is 5.32 Å². The highest BCUT2D eigenvalue weighted by atomic mass is 16.6. The number of nitro benzene ring substituents is 1. The van der Waals surface area contributed by atoms with Crippen LogP contribution in [-0.4, -0.2) is 28.5 Å². The number of non-ortho nitro benzene ring substituents is 1. The van der Waals surface area contributed by atoms with E-state index in [1.54, 1.807) is 12.1 Å². The first-order valence-corrected chi connectivity index (χ1v) is 9.22. The molecule has 0 radical (unpaired) electrons. The van der Waals surface area contributed by atoms with Gasteiger partial charge in [-0.3, -0.25) is 19.9 Å². The number of nitrogens with one attached hydrogen (secondary N) is 1. The van der Waals surface area contributed by atoms with Crippen LogP contribution in [0.4, 0.5) is 11.4 Å². The number of rotatable bonds is 2. The second kappa shape index (κ2) is 10.2. The van der Waals surface area contributed by atoms with Crippen LogP contribution in [0.15, 0.2) is 60.8 Å². The van der Waals surface area contributed by atoms with Crippen molar-refractivity contribution in [1.82, 2.24) is 4.98 Å². The lowest BCUT2D eigenvalue weighted by atomic mass is 10.1. The van der Waals surface area contributed by atoms with E-state index in [1.807, 2.05) is 57.3 Å². The average Bonchev–Trinajstić information content (AvgIpc) is 3.16. The number of nitro groups is 1. The van der Waals surface area contributed by atoms with E-state index < -0.39 is 0 Å². The highest BCUT2D eigenvalue weighted by Gasteiger charge is 2.14. The van der Waals surface area contributed by atoms with Crippen molar-refractivity contribution in [2.75, 3.05) is 11.9 Å². The number of benzene rings is 2. The van der Waals surface area contributed by atoms with Gasteiger partial charge in [0, 0.05) is 35.9 Å². The van der Waals surface area contributed by atoms with Crippen molar-refractivity contribution in [1.29, 1.82) is 0 Å². The normalized spacial score (nSPS) is 11.7. The van der Waals surface area contributed by atoms with Gasteiger partial charge in [0.2, 0.25) is 0 Å². The Morgan fingerprint density at radius 2 is 1.86 bits per heavy atom. The number of para-hydroxylation sites is 1. The molecule has 0 spiro atoms. The van der Waals surface area contributed by atoms with Crippen molar-refractivity contribution >= 4 is 28.7 Å². The summed E-state index contributed by atoms with van der Waals surface area (Å²) in [5, 5.41) is 14.7. The van der Waals surface area contributed by atoms with Crippen molar-refractivity contribution in [3.05, 3.63) is 76.5 Å². The molecular formula is C22H25N3O4. The van der Waals surface area contributed by atoms with Gasteiger partial charge in [-0.05, 0) is 44.9 Å². The van der Waals surface area contributed by atoms with Crippen LogP contribution in [0.5, 0.6) is 0 Å². The van der Waals surface area contributed by atoms with E-state index in [2.05, 4.69) is 27.2 Å². The maximum absolute atomic E-state index is 10.4. The predicted molar refractivity (Wildman–Crippen MR) is 114 cm³/mol. The minimum atomic E-state index is -0.375. The third-order valence-electron chi connectivity index (χ3n) is 3.93. The third kappa shape index (κ3) is 7.21. The summed E-state index contributed by atoms with van der Waals surface area (Å²) in [6.45, 7) is 6.81. The second-order valence-electron chi connectivity index (χ2n) is 7.30. The molecule has 1 aromatic heterocycles. The van der Waals surface area contributed by atoms with Crippen molar-refractivity contribution in [3.63, 3.8) is 0 Å². The molecule has 0 fully saturated rings. The number of pyridine rings is 1. The molecule has 0 aliphatic carbocycles. The quantitative estimate of drug-likeness (QED) is 0.382. The first kappa shape index (κ1) is 21.8. The van der Waals surface area contributed by atoms with Gasteiger partial charge in [-0.2, -0.15) is 0 Å². The van der Waals surface area contributed by atoms with Gasteiger partial charge in [0.25, 0.3) is 12.2 Å². The largest absolute Gasteiger partial charge is 0.462 e. The van der Waals surface area contributed by atoms with E-state index in [-0.39, 0.29) is 16.2 Å². The van der Waals surface area contributed by atoms with Crippen LogP contribution in [-0.2, 0) is 16.0 Å². The van der Waals surface area contributed by atoms with Gasteiger partial charge < -0.3 is 10.1 Å². The van der Waals surface area contributed by atoms with Gasteiger partial charge in [-0.15, -0.1) is 0 Å². The van der Waals surface area contributed by atoms with E-state index in [0.29, 0.717) is 6.47 Å². The lowest BCUT2D eigenvalue weighted by Crippen LogP contribution is -2.17. The predicted octanol–water partition coefficient (Wildman–Crippen LogP) is 4.76. The molecular weight excluding hydrogens is 370 g/mol. The zero-order valence-electron chi connectivity index (χ0n) is 16.8. The van der Waals surface area contributed by atoms with Gasteiger partial charge in [-0.1, -0.05) is 30.3 Å². The summed E-state index contributed by atoms with van der Waals surface area (Å²) in [7, 11) is 0. The second-order valence-corrected chi connectivity index (χ2v) is 7.30. The first-order chi connectivity index (χ1) is 13.8. The number of fused-ring (bicyclic) bond motifs is 2.